The number of hydrogen-bond donors (Lipinski definition) is 1. The van der Waals surface area contributed by atoms with Gasteiger partial charge in [-0.3, -0.25) is 0 Å². The minimum atomic E-state index is -0.242. The Morgan fingerprint density at radius 3 is 2.76 bits per heavy atom. The Hall–Kier alpha value is -1.20. The van der Waals surface area contributed by atoms with Gasteiger partial charge in [0.1, 0.15) is 11.6 Å². The topological polar surface area (TPSA) is 38.1 Å². The molecule has 2 rings (SSSR count). The van der Waals surface area contributed by atoms with Gasteiger partial charge in [0.05, 0.1) is 5.69 Å². The van der Waals surface area contributed by atoms with Crippen LogP contribution in [0.5, 0.6) is 0 Å². The molecule has 0 spiro atoms. The van der Waals surface area contributed by atoms with Crippen LogP contribution in [0.4, 0.5) is 4.39 Å². The number of hydrogen-bond acceptors (Lipinski definition) is 3. The highest BCUT2D eigenvalue weighted by molar-refractivity contribution is 9.10. The van der Waals surface area contributed by atoms with Crippen LogP contribution in [0.2, 0.25) is 0 Å². The van der Waals surface area contributed by atoms with Crippen LogP contribution in [0.15, 0.2) is 33.3 Å². The first-order chi connectivity index (χ1) is 8.13. The molecule has 0 saturated carbocycles. The SMILES string of the molecule is Cc1cc(CNCc2cc(F)cc(Br)c2)no1. The van der Waals surface area contributed by atoms with Crippen molar-refractivity contribution in [3.05, 3.63) is 51.6 Å². The summed E-state index contributed by atoms with van der Waals surface area (Å²) in [6.45, 7) is 3.04. The van der Waals surface area contributed by atoms with E-state index in [1.165, 1.54) is 12.1 Å². The number of nitrogens with one attached hydrogen (secondary N) is 1. The Labute approximate surface area is 107 Å². The van der Waals surface area contributed by atoms with Gasteiger partial charge >= 0.3 is 0 Å². The molecule has 17 heavy (non-hydrogen) atoms. The second kappa shape index (κ2) is 5.42. The number of aryl methyl sites for hydroxylation is 1. The third-order valence-corrected chi connectivity index (χ3v) is 2.69. The molecule has 1 aromatic carbocycles. The van der Waals surface area contributed by atoms with Crippen LogP contribution in [0.25, 0.3) is 0 Å². The highest BCUT2D eigenvalue weighted by atomic mass is 79.9. The van der Waals surface area contributed by atoms with Crippen molar-refractivity contribution in [3.8, 4) is 0 Å². The summed E-state index contributed by atoms with van der Waals surface area (Å²) in [4.78, 5) is 0. The summed E-state index contributed by atoms with van der Waals surface area (Å²) in [5.74, 6) is 0.545. The van der Waals surface area contributed by atoms with E-state index in [-0.39, 0.29) is 5.82 Å². The van der Waals surface area contributed by atoms with E-state index in [1.807, 2.05) is 19.1 Å². The fraction of sp³-hybridized carbons (Fsp3) is 0.250. The summed E-state index contributed by atoms with van der Waals surface area (Å²) in [5.41, 5.74) is 1.73. The zero-order valence-electron chi connectivity index (χ0n) is 9.34. The van der Waals surface area contributed by atoms with Gasteiger partial charge in [0.25, 0.3) is 0 Å². The monoisotopic (exact) mass is 298 g/mol. The van der Waals surface area contributed by atoms with Crippen molar-refractivity contribution in [2.24, 2.45) is 0 Å². The van der Waals surface area contributed by atoms with E-state index in [2.05, 4.69) is 26.4 Å². The minimum absolute atomic E-state index is 0.242. The molecule has 0 saturated heterocycles. The molecular weight excluding hydrogens is 287 g/mol. The molecule has 0 bridgehead atoms. The van der Waals surface area contributed by atoms with Crippen LogP contribution < -0.4 is 5.32 Å². The average Bonchev–Trinajstić information content (AvgIpc) is 2.63. The molecule has 0 aliphatic carbocycles. The first-order valence-corrected chi connectivity index (χ1v) is 6.00. The van der Waals surface area contributed by atoms with Crippen molar-refractivity contribution in [2.45, 2.75) is 20.0 Å². The maximum absolute atomic E-state index is 13.1. The van der Waals surface area contributed by atoms with Crippen molar-refractivity contribution >= 4 is 15.9 Å². The molecule has 2 aromatic rings. The second-order valence-electron chi connectivity index (χ2n) is 3.81. The normalized spacial score (nSPS) is 10.8. The molecule has 5 heteroatoms. The standard InChI is InChI=1S/C12H12BrFN2O/c1-8-2-12(16-17-8)7-15-6-9-3-10(13)5-11(14)4-9/h2-5,15H,6-7H2,1H3. The van der Waals surface area contributed by atoms with Crippen LogP contribution in [-0.4, -0.2) is 5.16 Å². The van der Waals surface area contributed by atoms with Crippen LogP contribution >= 0.6 is 15.9 Å². The van der Waals surface area contributed by atoms with Gasteiger partial charge in [-0.15, -0.1) is 0 Å². The number of nitrogens with zero attached hydrogens (tertiary/aromatic N) is 1. The lowest BCUT2D eigenvalue weighted by molar-refractivity contribution is 0.388. The van der Waals surface area contributed by atoms with Gasteiger partial charge in [0.2, 0.25) is 0 Å². The number of aromatic nitrogens is 1. The van der Waals surface area contributed by atoms with Gasteiger partial charge < -0.3 is 9.84 Å². The molecule has 0 radical (unpaired) electrons. The summed E-state index contributed by atoms with van der Waals surface area (Å²) >= 11 is 3.26. The minimum Gasteiger partial charge on any atom is -0.361 e. The zero-order chi connectivity index (χ0) is 12.3. The number of benzene rings is 1. The van der Waals surface area contributed by atoms with Crippen molar-refractivity contribution in [1.82, 2.24) is 10.5 Å². The highest BCUT2D eigenvalue weighted by Gasteiger charge is 2.01. The predicted octanol–water partition coefficient (Wildman–Crippen LogP) is 3.17. The van der Waals surface area contributed by atoms with Gasteiger partial charge in [-0.05, 0) is 30.7 Å². The summed E-state index contributed by atoms with van der Waals surface area (Å²) in [5, 5.41) is 7.04. The predicted molar refractivity (Wildman–Crippen MR) is 65.9 cm³/mol. The third-order valence-electron chi connectivity index (χ3n) is 2.23. The first-order valence-electron chi connectivity index (χ1n) is 5.21. The van der Waals surface area contributed by atoms with E-state index < -0.39 is 0 Å². The Bertz CT molecular complexity index is 493. The van der Waals surface area contributed by atoms with Gasteiger partial charge in [0, 0.05) is 23.6 Å². The third kappa shape index (κ3) is 3.64. The number of halogens is 2. The Kier molecular flexibility index (Phi) is 3.91. The molecule has 1 aromatic heterocycles. The van der Waals surface area contributed by atoms with E-state index in [1.54, 1.807) is 0 Å². The zero-order valence-corrected chi connectivity index (χ0v) is 10.9. The summed E-state index contributed by atoms with van der Waals surface area (Å²) in [6, 6.07) is 6.69. The van der Waals surface area contributed by atoms with Crippen molar-refractivity contribution in [3.63, 3.8) is 0 Å². The highest BCUT2D eigenvalue weighted by Crippen LogP contribution is 2.14. The molecule has 0 fully saturated rings. The molecule has 90 valence electrons. The quantitative estimate of drug-likeness (QED) is 0.942. The molecule has 0 unspecified atom stereocenters. The molecule has 0 atom stereocenters. The molecule has 1 heterocycles. The van der Waals surface area contributed by atoms with Crippen LogP contribution in [-0.2, 0) is 13.1 Å². The van der Waals surface area contributed by atoms with E-state index in [4.69, 9.17) is 4.52 Å². The van der Waals surface area contributed by atoms with Gasteiger partial charge in [-0.2, -0.15) is 0 Å². The maximum atomic E-state index is 13.1. The smallest absolute Gasteiger partial charge is 0.133 e. The molecule has 1 N–H and O–H groups in total. The van der Waals surface area contributed by atoms with Crippen molar-refractivity contribution in [1.29, 1.82) is 0 Å². The lowest BCUT2D eigenvalue weighted by atomic mass is 10.2. The Balaban J connectivity index is 1.89. The molecule has 3 nitrogen and oxygen atoms in total. The second-order valence-corrected chi connectivity index (χ2v) is 4.73. The van der Waals surface area contributed by atoms with Crippen molar-refractivity contribution < 1.29 is 8.91 Å². The van der Waals surface area contributed by atoms with Gasteiger partial charge in [0.15, 0.2) is 0 Å². The van der Waals surface area contributed by atoms with E-state index in [0.29, 0.717) is 13.1 Å². The molecule has 0 aliphatic heterocycles. The Morgan fingerprint density at radius 2 is 2.12 bits per heavy atom. The number of rotatable bonds is 4. The summed E-state index contributed by atoms with van der Waals surface area (Å²) in [7, 11) is 0. The Morgan fingerprint density at radius 1 is 1.29 bits per heavy atom. The fourth-order valence-electron chi connectivity index (χ4n) is 1.55. The van der Waals surface area contributed by atoms with E-state index in [9.17, 15) is 4.39 Å². The van der Waals surface area contributed by atoms with Crippen LogP contribution in [0, 0.1) is 12.7 Å². The maximum Gasteiger partial charge on any atom is 0.133 e. The van der Waals surface area contributed by atoms with E-state index in [0.717, 1.165) is 21.5 Å². The van der Waals surface area contributed by atoms with Crippen molar-refractivity contribution in [2.75, 3.05) is 0 Å². The van der Waals surface area contributed by atoms with Crippen LogP contribution in [0.1, 0.15) is 17.0 Å². The average molecular weight is 299 g/mol. The molecule has 0 aliphatic rings. The van der Waals surface area contributed by atoms with Gasteiger partial charge in [-0.25, -0.2) is 4.39 Å². The fourth-order valence-corrected chi connectivity index (χ4v) is 2.06. The van der Waals surface area contributed by atoms with E-state index >= 15 is 0 Å². The lowest BCUT2D eigenvalue weighted by Crippen LogP contribution is -2.13. The lowest BCUT2D eigenvalue weighted by Gasteiger charge is -2.03. The molecule has 0 amide bonds. The largest absolute Gasteiger partial charge is 0.361 e. The summed E-state index contributed by atoms with van der Waals surface area (Å²) < 4.78 is 18.8. The summed E-state index contributed by atoms with van der Waals surface area (Å²) in [6.07, 6.45) is 0. The van der Waals surface area contributed by atoms with Gasteiger partial charge in [-0.1, -0.05) is 21.1 Å². The van der Waals surface area contributed by atoms with Crippen LogP contribution in [0.3, 0.4) is 0 Å². The first kappa shape index (κ1) is 12.3. The molecular formula is C12H12BrFN2O.